The molecule has 1 aliphatic rings. The number of carbonyl (C=O) groups is 2. The maximum atomic E-state index is 11.4. The summed E-state index contributed by atoms with van der Waals surface area (Å²) >= 11 is 0. The lowest BCUT2D eigenvalue weighted by Crippen LogP contribution is -2.38. The van der Waals surface area contributed by atoms with E-state index in [2.05, 4.69) is 4.74 Å². The first-order valence-corrected chi connectivity index (χ1v) is 5.52. The molecule has 0 unspecified atom stereocenters. The standard InChI is InChI=1S/C11H19NO3/c1-3-10(13)12-6-4-9(5-7-12)8-11(14)15-2/h9H,3-8H2,1-2H3. The van der Waals surface area contributed by atoms with Crippen molar-refractivity contribution in [1.82, 2.24) is 4.90 Å². The molecule has 4 heteroatoms. The number of ether oxygens (including phenoxy) is 1. The third-order valence-electron chi connectivity index (χ3n) is 2.95. The molecule has 0 aromatic heterocycles. The fourth-order valence-corrected chi connectivity index (χ4v) is 1.93. The lowest BCUT2D eigenvalue weighted by atomic mass is 9.93. The smallest absolute Gasteiger partial charge is 0.305 e. The first-order chi connectivity index (χ1) is 7.17. The Morgan fingerprint density at radius 3 is 2.40 bits per heavy atom. The summed E-state index contributed by atoms with van der Waals surface area (Å²) in [6.45, 7) is 3.45. The van der Waals surface area contributed by atoms with Gasteiger partial charge < -0.3 is 9.64 Å². The molecule has 0 aliphatic carbocycles. The number of likely N-dealkylation sites (tertiary alicyclic amines) is 1. The molecule has 0 aromatic rings. The molecule has 1 heterocycles. The first-order valence-electron chi connectivity index (χ1n) is 5.52. The Balaban J connectivity index is 2.29. The van der Waals surface area contributed by atoms with Gasteiger partial charge in [0.1, 0.15) is 0 Å². The molecule has 0 N–H and O–H groups in total. The van der Waals surface area contributed by atoms with Crippen LogP contribution in [-0.4, -0.2) is 37.0 Å². The Hall–Kier alpha value is -1.06. The van der Waals surface area contributed by atoms with Crippen molar-refractivity contribution in [2.24, 2.45) is 5.92 Å². The fraction of sp³-hybridized carbons (Fsp3) is 0.818. The highest BCUT2D eigenvalue weighted by Gasteiger charge is 2.23. The zero-order chi connectivity index (χ0) is 11.3. The Kier molecular flexibility index (Phi) is 4.59. The van der Waals surface area contributed by atoms with Gasteiger partial charge >= 0.3 is 5.97 Å². The topological polar surface area (TPSA) is 46.6 Å². The summed E-state index contributed by atoms with van der Waals surface area (Å²) in [5.74, 6) is 0.458. The van der Waals surface area contributed by atoms with E-state index in [9.17, 15) is 9.59 Å². The molecular weight excluding hydrogens is 194 g/mol. The summed E-state index contributed by atoms with van der Waals surface area (Å²) in [7, 11) is 1.41. The van der Waals surface area contributed by atoms with E-state index in [1.165, 1.54) is 7.11 Å². The van der Waals surface area contributed by atoms with Crippen molar-refractivity contribution >= 4 is 11.9 Å². The van der Waals surface area contributed by atoms with E-state index in [0.29, 0.717) is 18.8 Å². The van der Waals surface area contributed by atoms with Crippen LogP contribution in [0.2, 0.25) is 0 Å². The van der Waals surface area contributed by atoms with Crippen molar-refractivity contribution < 1.29 is 14.3 Å². The number of hydrogen-bond donors (Lipinski definition) is 0. The molecule has 86 valence electrons. The molecule has 0 atom stereocenters. The van der Waals surface area contributed by atoms with E-state index in [0.717, 1.165) is 25.9 Å². The molecule has 0 saturated carbocycles. The highest BCUT2D eigenvalue weighted by molar-refractivity contribution is 5.76. The van der Waals surface area contributed by atoms with Gasteiger partial charge in [0.05, 0.1) is 7.11 Å². The molecule has 15 heavy (non-hydrogen) atoms. The lowest BCUT2D eigenvalue weighted by molar-refractivity contribution is -0.142. The van der Waals surface area contributed by atoms with Crippen LogP contribution in [0.15, 0.2) is 0 Å². The normalized spacial score (nSPS) is 17.6. The second kappa shape index (κ2) is 5.73. The van der Waals surface area contributed by atoms with Crippen molar-refractivity contribution in [3.63, 3.8) is 0 Å². The number of methoxy groups -OCH3 is 1. The molecular formula is C11H19NO3. The second-order valence-corrected chi connectivity index (χ2v) is 3.96. The minimum atomic E-state index is -0.143. The fourth-order valence-electron chi connectivity index (χ4n) is 1.93. The quantitative estimate of drug-likeness (QED) is 0.662. The van der Waals surface area contributed by atoms with Gasteiger partial charge in [0.25, 0.3) is 0 Å². The van der Waals surface area contributed by atoms with Crippen molar-refractivity contribution in [2.75, 3.05) is 20.2 Å². The Labute approximate surface area is 90.6 Å². The van der Waals surface area contributed by atoms with Gasteiger partial charge in [-0.05, 0) is 18.8 Å². The lowest BCUT2D eigenvalue weighted by Gasteiger charge is -2.31. The van der Waals surface area contributed by atoms with E-state index in [4.69, 9.17) is 0 Å². The first kappa shape index (κ1) is 12.0. The van der Waals surface area contributed by atoms with Crippen molar-refractivity contribution in [1.29, 1.82) is 0 Å². The Bertz CT molecular complexity index is 232. The summed E-state index contributed by atoms with van der Waals surface area (Å²) in [6, 6.07) is 0. The summed E-state index contributed by atoms with van der Waals surface area (Å²) in [4.78, 5) is 24.3. The largest absolute Gasteiger partial charge is 0.469 e. The van der Waals surface area contributed by atoms with Gasteiger partial charge in [-0.2, -0.15) is 0 Å². The number of amides is 1. The third-order valence-corrected chi connectivity index (χ3v) is 2.95. The molecule has 1 amide bonds. The number of carbonyl (C=O) groups excluding carboxylic acids is 2. The van der Waals surface area contributed by atoms with Crippen LogP contribution in [0.25, 0.3) is 0 Å². The van der Waals surface area contributed by atoms with Crippen LogP contribution in [-0.2, 0) is 14.3 Å². The summed E-state index contributed by atoms with van der Waals surface area (Å²) in [5.41, 5.74) is 0. The van der Waals surface area contributed by atoms with E-state index in [-0.39, 0.29) is 11.9 Å². The van der Waals surface area contributed by atoms with Gasteiger partial charge in [0, 0.05) is 25.9 Å². The van der Waals surface area contributed by atoms with Crippen molar-refractivity contribution in [2.45, 2.75) is 32.6 Å². The van der Waals surface area contributed by atoms with E-state index < -0.39 is 0 Å². The number of piperidine rings is 1. The average molecular weight is 213 g/mol. The SMILES string of the molecule is CCC(=O)N1CCC(CC(=O)OC)CC1. The van der Waals surface area contributed by atoms with Gasteiger partial charge in [-0.3, -0.25) is 9.59 Å². The van der Waals surface area contributed by atoms with Crippen molar-refractivity contribution in [3.05, 3.63) is 0 Å². The van der Waals surface area contributed by atoms with Crippen LogP contribution in [0.3, 0.4) is 0 Å². The number of esters is 1. The van der Waals surface area contributed by atoms with Gasteiger partial charge in [0.15, 0.2) is 0 Å². The molecule has 1 fully saturated rings. The minimum Gasteiger partial charge on any atom is -0.469 e. The maximum absolute atomic E-state index is 11.4. The van der Waals surface area contributed by atoms with Gasteiger partial charge in [-0.25, -0.2) is 0 Å². The second-order valence-electron chi connectivity index (χ2n) is 3.96. The van der Waals surface area contributed by atoms with Gasteiger partial charge in [0.2, 0.25) is 5.91 Å². The van der Waals surface area contributed by atoms with Crippen LogP contribution in [0.1, 0.15) is 32.6 Å². The van der Waals surface area contributed by atoms with E-state index >= 15 is 0 Å². The number of nitrogens with zero attached hydrogens (tertiary/aromatic N) is 1. The molecule has 1 saturated heterocycles. The van der Waals surface area contributed by atoms with Crippen LogP contribution in [0, 0.1) is 5.92 Å². The van der Waals surface area contributed by atoms with E-state index in [1.807, 2.05) is 11.8 Å². The van der Waals surface area contributed by atoms with E-state index in [1.54, 1.807) is 0 Å². The molecule has 0 radical (unpaired) electrons. The molecule has 1 aliphatic heterocycles. The highest BCUT2D eigenvalue weighted by atomic mass is 16.5. The minimum absolute atomic E-state index is 0.143. The summed E-state index contributed by atoms with van der Waals surface area (Å²) in [5, 5.41) is 0. The Morgan fingerprint density at radius 2 is 1.93 bits per heavy atom. The molecule has 1 rings (SSSR count). The van der Waals surface area contributed by atoms with Crippen LogP contribution < -0.4 is 0 Å². The van der Waals surface area contributed by atoms with Crippen molar-refractivity contribution in [3.8, 4) is 0 Å². The molecule has 4 nitrogen and oxygen atoms in total. The molecule has 0 spiro atoms. The monoisotopic (exact) mass is 213 g/mol. The maximum Gasteiger partial charge on any atom is 0.305 e. The van der Waals surface area contributed by atoms with Crippen LogP contribution >= 0.6 is 0 Å². The molecule has 0 bridgehead atoms. The third kappa shape index (κ3) is 3.53. The Morgan fingerprint density at radius 1 is 1.33 bits per heavy atom. The number of rotatable bonds is 3. The van der Waals surface area contributed by atoms with Crippen LogP contribution in [0.4, 0.5) is 0 Å². The predicted molar refractivity (Wildman–Crippen MR) is 56.2 cm³/mol. The summed E-state index contributed by atoms with van der Waals surface area (Å²) in [6.07, 6.45) is 2.90. The highest BCUT2D eigenvalue weighted by Crippen LogP contribution is 2.21. The van der Waals surface area contributed by atoms with Gasteiger partial charge in [-0.15, -0.1) is 0 Å². The summed E-state index contributed by atoms with van der Waals surface area (Å²) < 4.78 is 4.63. The predicted octanol–water partition coefficient (Wildman–Crippen LogP) is 1.20. The zero-order valence-corrected chi connectivity index (χ0v) is 9.49. The number of hydrogen-bond acceptors (Lipinski definition) is 3. The van der Waals surface area contributed by atoms with Crippen LogP contribution in [0.5, 0.6) is 0 Å². The zero-order valence-electron chi connectivity index (χ0n) is 9.49. The van der Waals surface area contributed by atoms with Gasteiger partial charge in [-0.1, -0.05) is 6.92 Å². The molecule has 0 aromatic carbocycles. The average Bonchev–Trinajstić information content (AvgIpc) is 2.29.